The first-order valence-electron chi connectivity index (χ1n) is 4.42. The van der Waals surface area contributed by atoms with E-state index in [0.29, 0.717) is 12.1 Å². The van der Waals surface area contributed by atoms with Crippen molar-refractivity contribution in [3.05, 3.63) is 45.6 Å². The van der Waals surface area contributed by atoms with Gasteiger partial charge in [-0.1, -0.05) is 11.2 Å². The van der Waals surface area contributed by atoms with Gasteiger partial charge >= 0.3 is 6.18 Å². The molecule has 1 atom stereocenters. The minimum Gasteiger partial charge on any atom is -0.396 e. The van der Waals surface area contributed by atoms with E-state index in [4.69, 9.17) is 10.6 Å². The van der Waals surface area contributed by atoms with Gasteiger partial charge < -0.3 is 5.11 Å². The third-order valence-corrected chi connectivity index (χ3v) is 2.05. The number of hydrogen-bond donors (Lipinski definition) is 1. The van der Waals surface area contributed by atoms with Crippen molar-refractivity contribution in [3.8, 4) is 0 Å². The molecule has 17 heavy (non-hydrogen) atoms. The number of nitrogens with zero attached hydrogens (tertiary/aromatic N) is 3. The van der Waals surface area contributed by atoms with Crippen LogP contribution in [-0.2, 0) is 6.18 Å². The lowest BCUT2D eigenvalue weighted by atomic mass is 10.1. The van der Waals surface area contributed by atoms with Gasteiger partial charge in [-0.05, 0) is 23.2 Å². The minimum atomic E-state index is -4.78. The smallest absolute Gasteiger partial charge is 0.396 e. The third-order valence-electron chi connectivity index (χ3n) is 2.05. The van der Waals surface area contributed by atoms with Crippen LogP contribution in [-0.4, -0.2) is 11.7 Å². The van der Waals surface area contributed by atoms with E-state index in [9.17, 15) is 17.6 Å². The summed E-state index contributed by atoms with van der Waals surface area (Å²) >= 11 is 0. The zero-order valence-electron chi connectivity index (χ0n) is 8.32. The van der Waals surface area contributed by atoms with Crippen molar-refractivity contribution in [1.82, 2.24) is 0 Å². The van der Waals surface area contributed by atoms with E-state index in [2.05, 4.69) is 10.0 Å². The molecule has 0 fully saturated rings. The molecular formula is C9H7F4N3O. The lowest BCUT2D eigenvalue weighted by Crippen LogP contribution is -2.09. The van der Waals surface area contributed by atoms with Crippen LogP contribution in [0.3, 0.4) is 0 Å². The fourth-order valence-electron chi connectivity index (χ4n) is 1.24. The molecule has 0 saturated carbocycles. The van der Waals surface area contributed by atoms with Crippen LogP contribution in [0.5, 0.6) is 0 Å². The van der Waals surface area contributed by atoms with Crippen molar-refractivity contribution in [1.29, 1.82) is 0 Å². The molecule has 0 aliphatic rings. The van der Waals surface area contributed by atoms with Crippen LogP contribution in [0.25, 0.3) is 10.4 Å². The third kappa shape index (κ3) is 3.08. The van der Waals surface area contributed by atoms with E-state index < -0.39 is 30.2 Å². The first-order valence-corrected chi connectivity index (χ1v) is 4.42. The summed E-state index contributed by atoms with van der Waals surface area (Å²) in [7, 11) is 0. The van der Waals surface area contributed by atoms with Crippen LogP contribution in [0.1, 0.15) is 17.2 Å². The Kier molecular flexibility index (Phi) is 3.93. The first kappa shape index (κ1) is 13.3. The quantitative estimate of drug-likeness (QED) is 0.380. The molecule has 4 nitrogen and oxygen atoms in total. The first-order chi connectivity index (χ1) is 7.90. The van der Waals surface area contributed by atoms with E-state index in [-0.39, 0.29) is 5.56 Å². The molecule has 1 aromatic rings. The van der Waals surface area contributed by atoms with Crippen molar-refractivity contribution in [3.63, 3.8) is 0 Å². The average molecular weight is 249 g/mol. The van der Waals surface area contributed by atoms with Gasteiger partial charge in [-0.3, -0.25) is 0 Å². The van der Waals surface area contributed by atoms with Gasteiger partial charge in [0.15, 0.2) is 0 Å². The predicted octanol–water partition coefficient (Wildman–Crippen LogP) is 3.19. The van der Waals surface area contributed by atoms with Crippen LogP contribution >= 0.6 is 0 Å². The SMILES string of the molecule is [N-]=[N+]=NC(CO)c1ccc(C(F)(F)F)c(F)c1. The summed E-state index contributed by atoms with van der Waals surface area (Å²) in [5.41, 5.74) is 6.73. The second-order valence-electron chi connectivity index (χ2n) is 3.14. The van der Waals surface area contributed by atoms with Gasteiger partial charge in [0.1, 0.15) is 5.82 Å². The summed E-state index contributed by atoms with van der Waals surface area (Å²) in [6, 6.07) is 0.997. The molecule has 1 aromatic carbocycles. The van der Waals surface area contributed by atoms with Gasteiger partial charge in [0.05, 0.1) is 18.2 Å². The second-order valence-corrected chi connectivity index (χ2v) is 3.14. The topological polar surface area (TPSA) is 69.0 Å². The number of alkyl halides is 3. The molecule has 92 valence electrons. The minimum absolute atomic E-state index is 0.0178. The molecule has 1 N–H and O–H groups in total. The van der Waals surface area contributed by atoms with E-state index in [1.165, 1.54) is 0 Å². The summed E-state index contributed by atoms with van der Waals surface area (Å²) in [5.74, 6) is -1.47. The molecule has 0 heterocycles. The summed E-state index contributed by atoms with van der Waals surface area (Å²) in [4.78, 5) is 2.40. The molecule has 8 heteroatoms. The maximum Gasteiger partial charge on any atom is 0.419 e. The second kappa shape index (κ2) is 5.03. The molecule has 0 aliphatic heterocycles. The lowest BCUT2D eigenvalue weighted by Gasteiger charge is -2.12. The number of hydrogen-bond acceptors (Lipinski definition) is 2. The monoisotopic (exact) mass is 249 g/mol. The molecule has 0 aromatic heterocycles. The normalized spacial score (nSPS) is 13.0. The van der Waals surface area contributed by atoms with Crippen LogP contribution in [0.4, 0.5) is 17.6 Å². The lowest BCUT2D eigenvalue weighted by molar-refractivity contribution is -0.140. The molecule has 1 unspecified atom stereocenters. The molecule has 0 saturated heterocycles. The fourth-order valence-corrected chi connectivity index (χ4v) is 1.24. The van der Waals surface area contributed by atoms with Gasteiger partial charge in [-0.15, -0.1) is 0 Å². The molecule has 1 rings (SSSR count). The molecule has 0 aliphatic carbocycles. The summed E-state index contributed by atoms with van der Waals surface area (Å²) < 4.78 is 49.9. The Balaban J connectivity index is 3.16. The number of halogens is 4. The number of aliphatic hydroxyl groups is 1. The molecule has 0 radical (unpaired) electrons. The number of azide groups is 1. The highest BCUT2D eigenvalue weighted by molar-refractivity contribution is 5.28. The summed E-state index contributed by atoms with van der Waals surface area (Å²) in [5, 5.41) is 11.9. The van der Waals surface area contributed by atoms with Crippen LogP contribution < -0.4 is 0 Å². The highest BCUT2D eigenvalue weighted by Gasteiger charge is 2.34. The van der Waals surface area contributed by atoms with Gasteiger partial charge in [0.2, 0.25) is 0 Å². The average Bonchev–Trinajstić information content (AvgIpc) is 2.23. The molecule has 0 bridgehead atoms. The van der Waals surface area contributed by atoms with E-state index in [1.54, 1.807) is 0 Å². The highest BCUT2D eigenvalue weighted by atomic mass is 19.4. The standard InChI is InChI=1S/C9H7F4N3O/c10-7-3-5(8(4-17)15-16-14)1-2-6(7)9(11,12)13/h1-3,8,17H,4H2. The van der Waals surface area contributed by atoms with Crippen molar-refractivity contribution in [2.75, 3.05) is 6.61 Å². The summed E-state index contributed by atoms with van der Waals surface area (Å²) in [6.07, 6.45) is -4.78. The largest absolute Gasteiger partial charge is 0.419 e. The van der Waals surface area contributed by atoms with Crippen LogP contribution in [0, 0.1) is 5.82 Å². The maximum absolute atomic E-state index is 13.1. The van der Waals surface area contributed by atoms with Crippen molar-refractivity contribution in [2.24, 2.45) is 5.11 Å². The van der Waals surface area contributed by atoms with Gasteiger partial charge in [0, 0.05) is 4.91 Å². The Labute approximate surface area is 93.1 Å². The Hall–Kier alpha value is -1.79. The van der Waals surface area contributed by atoms with Gasteiger partial charge in [-0.25, -0.2) is 4.39 Å². The van der Waals surface area contributed by atoms with Crippen molar-refractivity contribution < 1.29 is 22.7 Å². The summed E-state index contributed by atoms with van der Waals surface area (Å²) in [6.45, 7) is -0.616. The maximum atomic E-state index is 13.1. The Morgan fingerprint density at radius 3 is 2.47 bits per heavy atom. The van der Waals surface area contributed by atoms with E-state index in [1.807, 2.05) is 0 Å². The number of rotatable bonds is 3. The Morgan fingerprint density at radius 1 is 1.41 bits per heavy atom. The van der Waals surface area contributed by atoms with Gasteiger partial charge in [-0.2, -0.15) is 13.2 Å². The fraction of sp³-hybridized carbons (Fsp3) is 0.333. The van der Waals surface area contributed by atoms with Crippen molar-refractivity contribution >= 4 is 0 Å². The number of aliphatic hydroxyl groups excluding tert-OH is 1. The van der Waals surface area contributed by atoms with Gasteiger partial charge in [0.25, 0.3) is 0 Å². The number of benzene rings is 1. The highest BCUT2D eigenvalue weighted by Crippen LogP contribution is 2.32. The molecule has 0 amide bonds. The Morgan fingerprint density at radius 2 is 2.06 bits per heavy atom. The zero-order valence-corrected chi connectivity index (χ0v) is 8.32. The van der Waals surface area contributed by atoms with Crippen molar-refractivity contribution in [2.45, 2.75) is 12.2 Å². The van der Waals surface area contributed by atoms with E-state index >= 15 is 0 Å². The Bertz CT molecular complexity index is 454. The molecular weight excluding hydrogens is 242 g/mol. The zero-order chi connectivity index (χ0) is 13.1. The molecule has 0 spiro atoms. The van der Waals surface area contributed by atoms with E-state index in [0.717, 1.165) is 6.07 Å². The van der Waals surface area contributed by atoms with Crippen LogP contribution in [0.15, 0.2) is 23.3 Å². The predicted molar refractivity (Wildman–Crippen MR) is 50.4 cm³/mol. The van der Waals surface area contributed by atoms with Crippen LogP contribution in [0.2, 0.25) is 0 Å².